The summed E-state index contributed by atoms with van der Waals surface area (Å²) in [5, 5.41) is 33.5. The van der Waals surface area contributed by atoms with Gasteiger partial charge < -0.3 is 59.3 Å². The normalized spacial score (nSPS) is 14.1. The lowest BCUT2D eigenvalue weighted by Crippen LogP contribution is -2.60. The van der Waals surface area contributed by atoms with Crippen molar-refractivity contribution in [3.8, 4) is 0 Å². The molecule has 0 aromatic heterocycles. The summed E-state index contributed by atoms with van der Waals surface area (Å²) in [4.78, 5) is 115. The Hall–Kier alpha value is -5.63. The number of hydrogen-bond acceptors (Lipinski definition) is 11. The Labute approximate surface area is 337 Å². The van der Waals surface area contributed by atoms with E-state index >= 15 is 0 Å². The number of hydrogen-bond donors (Lipinski definition) is 11. The van der Waals surface area contributed by atoms with Gasteiger partial charge in [0.25, 0.3) is 0 Å². The van der Waals surface area contributed by atoms with Gasteiger partial charge in [0.2, 0.25) is 41.4 Å². The monoisotopic (exact) mass is 819 g/mol. The minimum absolute atomic E-state index is 0.0160. The molecule has 0 bridgehead atoms. The largest absolute Gasteiger partial charge is 0.481 e. The molecule has 0 aliphatic heterocycles. The Morgan fingerprint density at radius 3 is 1.62 bits per heavy atom. The van der Waals surface area contributed by atoms with Crippen molar-refractivity contribution >= 4 is 53.3 Å². The van der Waals surface area contributed by atoms with Gasteiger partial charge in [-0.15, -0.1) is 0 Å². The Morgan fingerprint density at radius 1 is 0.638 bits per heavy atom. The molecule has 0 fully saturated rings. The van der Waals surface area contributed by atoms with Crippen molar-refractivity contribution in [2.45, 2.75) is 122 Å². The summed E-state index contributed by atoms with van der Waals surface area (Å²) in [5.74, 6) is -9.09. The van der Waals surface area contributed by atoms with E-state index in [1.54, 1.807) is 58.0 Å². The predicted molar refractivity (Wildman–Crippen MR) is 211 cm³/mol. The van der Waals surface area contributed by atoms with E-state index < -0.39 is 128 Å². The quantitative estimate of drug-likeness (QED) is 0.0414. The number of carbonyl (C=O) groups is 9. The highest BCUT2D eigenvalue weighted by atomic mass is 16.4. The molecule has 1 rings (SSSR count). The van der Waals surface area contributed by atoms with E-state index in [1.165, 1.54) is 0 Å². The number of rotatable bonds is 28. The van der Waals surface area contributed by atoms with Crippen LogP contribution < -0.4 is 49.1 Å². The molecule has 0 saturated heterocycles. The van der Waals surface area contributed by atoms with Gasteiger partial charge in [0.15, 0.2) is 0 Å². The third-order valence-electron chi connectivity index (χ3n) is 8.83. The zero-order valence-electron chi connectivity index (χ0n) is 33.6. The summed E-state index contributed by atoms with van der Waals surface area (Å²) in [6.07, 6.45) is -0.410. The number of aliphatic carboxylic acids is 2. The number of primary amides is 1. The Bertz CT molecular complexity index is 1560. The van der Waals surface area contributed by atoms with Crippen molar-refractivity contribution in [3.63, 3.8) is 0 Å². The number of carboxylic acid groups (broad SMARTS) is 2. The topological polar surface area (TPSA) is 344 Å². The third-order valence-corrected chi connectivity index (χ3v) is 8.83. The van der Waals surface area contributed by atoms with E-state index in [0.29, 0.717) is 31.4 Å². The standard InChI is InChI=1S/C38H61N9O11/c1-21(2)18-27(46-38(58)28(19-23-10-6-5-7-11-23)43-29(48)20-42-34(54)24(40)12-8-9-17-39)37(57)45-25(13-15-30(49)50)35(55)44-26(14-16-31(51)52)36(56)47-32(22(3)4)33(41)53/h5-7,10-11,21-22,24-28,32H,8-9,12-20,39-40H2,1-4H3,(H2,41,53)(H,42,54)(H,43,48)(H,44,55)(H,45,57)(H,46,58)(H,47,56)(H,49,50)(H,51,52)/t24-,25-,26-,27-,28-,32-/m0/s1. The first-order valence-corrected chi connectivity index (χ1v) is 19.3. The van der Waals surface area contributed by atoms with Crippen LogP contribution in [0.25, 0.3) is 0 Å². The van der Waals surface area contributed by atoms with E-state index in [1.807, 2.05) is 0 Å². The number of benzene rings is 1. The number of amides is 7. The fourth-order valence-electron chi connectivity index (χ4n) is 5.66. The van der Waals surface area contributed by atoms with Crippen molar-refractivity contribution in [2.75, 3.05) is 13.1 Å². The van der Waals surface area contributed by atoms with Gasteiger partial charge in [-0.05, 0) is 56.0 Å². The first kappa shape index (κ1) is 50.4. The van der Waals surface area contributed by atoms with Crippen LogP contribution in [0, 0.1) is 11.8 Å². The number of nitrogens with one attached hydrogen (secondary N) is 6. The van der Waals surface area contributed by atoms with Crippen molar-refractivity contribution in [1.29, 1.82) is 0 Å². The van der Waals surface area contributed by atoms with Crippen LogP contribution in [0.3, 0.4) is 0 Å². The summed E-state index contributed by atoms with van der Waals surface area (Å²) in [7, 11) is 0. The summed E-state index contributed by atoms with van der Waals surface area (Å²) < 4.78 is 0. The zero-order chi connectivity index (χ0) is 43.9. The number of unbranched alkanes of at least 4 members (excludes halogenated alkanes) is 1. The van der Waals surface area contributed by atoms with Gasteiger partial charge in [-0.2, -0.15) is 0 Å². The predicted octanol–water partition coefficient (Wildman–Crippen LogP) is -1.86. The number of nitrogens with two attached hydrogens (primary N) is 3. The van der Waals surface area contributed by atoms with E-state index in [4.69, 9.17) is 17.2 Å². The van der Waals surface area contributed by atoms with Gasteiger partial charge in [0.05, 0.1) is 12.6 Å². The summed E-state index contributed by atoms with van der Waals surface area (Å²) >= 11 is 0. The smallest absolute Gasteiger partial charge is 0.303 e. The van der Waals surface area contributed by atoms with Crippen LogP contribution in [0.1, 0.15) is 84.6 Å². The van der Waals surface area contributed by atoms with Crippen LogP contribution in [-0.2, 0) is 49.6 Å². The molecule has 7 amide bonds. The molecule has 1 aromatic rings. The maximum atomic E-state index is 13.8. The van der Waals surface area contributed by atoms with Crippen molar-refractivity contribution in [1.82, 2.24) is 31.9 Å². The lowest BCUT2D eigenvalue weighted by Gasteiger charge is -2.28. The van der Waals surface area contributed by atoms with Crippen LogP contribution in [-0.4, -0.2) is 113 Å². The molecular formula is C38H61N9O11. The van der Waals surface area contributed by atoms with E-state index in [0.717, 1.165) is 0 Å². The minimum Gasteiger partial charge on any atom is -0.481 e. The summed E-state index contributed by atoms with van der Waals surface area (Å²) in [6.45, 7) is 6.67. The van der Waals surface area contributed by atoms with Gasteiger partial charge in [0.1, 0.15) is 30.2 Å². The first-order chi connectivity index (χ1) is 27.2. The van der Waals surface area contributed by atoms with Crippen LogP contribution in [0.5, 0.6) is 0 Å². The second-order valence-electron chi connectivity index (χ2n) is 14.7. The first-order valence-electron chi connectivity index (χ1n) is 19.3. The van der Waals surface area contributed by atoms with Crippen molar-refractivity contribution < 1.29 is 53.4 Å². The lowest BCUT2D eigenvalue weighted by molar-refractivity contribution is -0.140. The number of carbonyl (C=O) groups excluding carboxylic acids is 7. The van der Waals surface area contributed by atoms with Gasteiger partial charge >= 0.3 is 11.9 Å². The molecular weight excluding hydrogens is 758 g/mol. The molecule has 58 heavy (non-hydrogen) atoms. The molecule has 0 unspecified atom stereocenters. The summed E-state index contributed by atoms with van der Waals surface area (Å²) in [5.41, 5.74) is 17.4. The molecule has 324 valence electrons. The zero-order valence-corrected chi connectivity index (χ0v) is 33.6. The average molecular weight is 820 g/mol. The van der Waals surface area contributed by atoms with Gasteiger partial charge in [-0.25, -0.2) is 0 Å². The molecule has 0 spiro atoms. The van der Waals surface area contributed by atoms with Gasteiger partial charge in [-0.1, -0.05) is 64.4 Å². The average Bonchev–Trinajstić information content (AvgIpc) is 3.14. The van der Waals surface area contributed by atoms with Gasteiger partial charge in [-0.3, -0.25) is 43.2 Å². The van der Waals surface area contributed by atoms with Crippen molar-refractivity contribution in [2.24, 2.45) is 29.0 Å². The highest BCUT2D eigenvalue weighted by Gasteiger charge is 2.33. The molecule has 0 aliphatic carbocycles. The highest BCUT2D eigenvalue weighted by molar-refractivity contribution is 5.97. The maximum Gasteiger partial charge on any atom is 0.303 e. The SMILES string of the molecule is CC(C)C[C@H](NC(=O)[C@H](Cc1ccccc1)NC(=O)CNC(=O)[C@@H](N)CCCCN)C(=O)N[C@@H](CCC(=O)O)C(=O)N[C@@H](CCC(=O)O)C(=O)N[C@H](C(N)=O)C(C)C. The molecule has 0 aliphatic rings. The molecule has 20 heteroatoms. The number of carboxylic acids is 2. The molecule has 14 N–H and O–H groups in total. The Balaban J connectivity index is 3.31. The molecule has 0 radical (unpaired) electrons. The molecule has 0 heterocycles. The van der Waals surface area contributed by atoms with Gasteiger partial charge in [0, 0.05) is 19.3 Å². The fraction of sp³-hybridized carbons (Fsp3) is 0.605. The molecule has 20 nitrogen and oxygen atoms in total. The maximum absolute atomic E-state index is 13.8. The van der Waals surface area contributed by atoms with Crippen LogP contribution in [0.4, 0.5) is 0 Å². The van der Waals surface area contributed by atoms with E-state index in [9.17, 15) is 53.4 Å². The van der Waals surface area contributed by atoms with E-state index in [-0.39, 0.29) is 18.8 Å². The second kappa shape index (κ2) is 26.3. The lowest BCUT2D eigenvalue weighted by atomic mass is 10.00. The molecule has 0 saturated carbocycles. The Morgan fingerprint density at radius 2 is 1.14 bits per heavy atom. The molecule has 6 atom stereocenters. The van der Waals surface area contributed by atoms with Crippen molar-refractivity contribution in [3.05, 3.63) is 35.9 Å². The highest BCUT2D eigenvalue weighted by Crippen LogP contribution is 2.11. The third kappa shape index (κ3) is 20.0. The molecule has 1 aromatic carbocycles. The van der Waals surface area contributed by atoms with E-state index in [2.05, 4.69) is 31.9 Å². The van der Waals surface area contributed by atoms with Crippen LogP contribution in [0.2, 0.25) is 0 Å². The fourth-order valence-corrected chi connectivity index (χ4v) is 5.66. The minimum atomic E-state index is -1.59. The van der Waals surface area contributed by atoms with Crippen LogP contribution >= 0.6 is 0 Å². The second-order valence-corrected chi connectivity index (χ2v) is 14.7. The summed E-state index contributed by atoms with van der Waals surface area (Å²) in [6, 6.07) is 0.945. The Kier molecular flexibility index (Phi) is 22.9. The van der Waals surface area contributed by atoms with Crippen LogP contribution in [0.15, 0.2) is 30.3 Å².